The Labute approximate surface area is 230 Å². The molecule has 0 unspecified atom stereocenters. The first-order valence-corrected chi connectivity index (χ1v) is 12.2. The van der Waals surface area contributed by atoms with Crippen LogP contribution in [0.5, 0.6) is 11.5 Å². The number of nitro groups is 1. The summed E-state index contributed by atoms with van der Waals surface area (Å²) < 4.78 is 11.7. The summed E-state index contributed by atoms with van der Waals surface area (Å²) in [6, 6.07) is 13.1. The van der Waals surface area contributed by atoms with Crippen molar-refractivity contribution >= 4 is 62.8 Å². The second-order valence-electron chi connectivity index (χ2n) is 8.09. The van der Waals surface area contributed by atoms with Crippen molar-refractivity contribution in [3.8, 4) is 11.5 Å². The molecule has 12 heteroatoms. The topological polar surface area (TPSA) is 128 Å². The molecule has 1 heterocycles. The minimum atomic E-state index is -0.883. The number of barbiturate groups is 1. The second-order valence-corrected chi connectivity index (χ2v) is 9.35. The van der Waals surface area contributed by atoms with E-state index in [1.165, 1.54) is 25.3 Å². The van der Waals surface area contributed by atoms with Crippen LogP contribution < -0.4 is 19.7 Å². The minimum Gasteiger partial charge on any atom is -0.493 e. The molecule has 0 spiro atoms. The summed E-state index contributed by atoms with van der Waals surface area (Å²) in [6.07, 6.45) is 1.33. The number of amides is 4. The molecule has 0 radical (unpaired) electrons. The molecule has 3 aromatic carbocycles. The van der Waals surface area contributed by atoms with Gasteiger partial charge in [0.2, 0.25) is 0 Å². The second kappa shape index (κ2) is 11.0. The third-order valence-corrected chi connectivity index (χ3v) is 6.65. The molecule has 3 aromatic rings. The summed E-state index contributed by atoms with van der Waals surface area (Å²) in [5.41, 5.74) is 1.40. The van der Waals surface area contributed by atoms with Gasteiger partial charge in [-0.05, 0) is 69.9 Å². The standard InChI is InChI=1S/C26H19BrClN3O7/c1-14-20(28)7-4-8-21(14)30-25(33)18(24(32)29-26(30)34)10-16-11-19(27)23(22(12-16)37-2)38-13-15-5-3-6-17(9-15)31(35)36/h3-12H,13H2,1-2H3,(H,29,32,34)/b18-10+. The Morgan fingerprint density at radius 1 is 1.13 bits per heavy atom. The van der Waals surface area contributed by atoms with Crippen molar-refractivity contribution in [3.05, 3.63) is 96.5 Å². The number of nitrogens with zero attached hydrogens (tertiary/aromatic N) is 2. The molecular formula is C26H19BrClN3O7. The van der Waals surface area contributed by atoms with E-state index in [0.717, 1.165) is 4.90 Å². The highest BCUT2D eigenvalue weighted by molar-refractivity contribution is 9.10. The normalized spacial score (nSPS) is 14.5. The SMILES string of the molecule is COc1cc(/C=C2\C(=O)NC(=O)N(c3cccc(Cl)c3C)C2=O)cc(Br)c1OCc1cccc([N+](=O)[O-])c1. The molecule has 0 bridgehead atoms. The van der Waals surface area contributed by atoms with Crippen LogP contribution in [0.2, 0.25) is 5.02 Å². The highest BCUT2D eigenvalue weighted by Gasteiger charge is 2.37. The van der Waals surface area contributed by atoms with E-state index >= 15 is 0 Å². The van der Waals surface area contributed by atoms with Gasteiger partial charge in [0.15, 0.2) is 11.5 Å². The molecule has 1 saturated heterocycles. The Hall–Kier alpha value is -4.22. The first-order valence-electron chi connectivity index (χ1n) is 11.0. The number of non-ortho nitro benzene ring substituents is 1. The Morgan fingerprint density at radius 3 is 2.58 bits per heavy atom. The molecule has 38 heavy (non-hydrogen) atoms. The quantitative estimate of drug-likeness (QED) is 0.162. The maximum atomic E-state index is 13.3. The fourth-order valence-corrected chi connectivity index (χ4v) is 4.50. The number of rotatable bonds is 7. The highest BCUT2D eigenvalue weighted by atomic mass is 79.9. The van der Waals surface area contributed by atoms with Gasteiger partial charge in [-0.1, -0.05) is 29.8 Å². The summed E-state index contributed by atoms with van der Waals surface area (Å²) in [4.78, 5) is 49.8. The summed E-state index contributed by atoms with van der Waals surface area (Å²) in [6.45, 7) is 1.68. The van der Waals surface area contributed by atoms with Crippen molar-refractivity contribution in [1.29, 1.82) is 0 Å². The van der Waals surface area contributed by atoms with Gasteiger partial charge in [-0.15, -0.1) is 0 Å². The lowest BCUT2D eigenvalue weighted by molar-refractivity contribution is -0.384. The van der Waals surface area contributed by atoms with E-state index in [9.17, 15) is 24.5 Å². The lowest BCUT2D eigenvalue weighted by atomic mass is 10.1. The van der Waals surface area contributed by atoms with Gasteiger partial charge in [0, 0.05) is 17.2 Å². The molecule has 1 aliphatic rings. The molecule has 4 amide bonds. The van der Waals surface area contributed by atoms with Crippen LogP contribution in [0.25, 0.3) is 6.08 Å². The van der Waals surface area contributed by atoms with E-state index in [-0.39, 0.29) is 29.3 Å². The summed E-state index contributed by atoms with van der Waals surface area (Å²) in [7, 11) is 1.42. The van der Waals surface area contributed by atoms with Crippen LogP contribution in [-0.2, 0) is 16.2 Å². The third-order valence-electron chi connectivity index (χ3n) is 5.65. The third kappa shape index (κ3) is 5.38. The molecule has 0 saturated carbocycles. The number of nitrogens with one attached hydrogen (secondary N) is 1. The lowest BCUT2D eigenvalue weighted by Gasteiger charge is -2.27. The smallest absolute Gasteiger partial charge is 0.335 e. The number of hydrogen-bond donors (Lipinski definition) is 1. The van der Waals surface area contributed by atoms with Gasteiger partial charge in [-0.2, -0.15) is 0 Å². The predicted molar refractivity (Wildman–Crippen MR) is 143 cm³/mol. The molecule has 194 valence electrons. The van der Waals surface area contributed by atoms with Gasteiger partial charge in [0.05, 0.1) is 22.2 Å². The highest BCUT2D eigenvalue weighted by Crippen LogP contribution is 2.38. The molecule has 4 rings (SSSR count). The number of imide groups is 2. The lowest BCUT2D eigenvalue weighted by Crippen LogP contribution is -2.54. The number of hydrogen-bond acceptors (Lipinski definition) is 7. The van der Waals surface area contributed by atoms with Crippen LogP contribution in [0.4, 0.5) is 16.2 Å². The summed E-state index contributed by atoms with van der Waals surface area (Å²) in [5, 5.41) is 13.6. The Bertz CT molecular complexity index is 1520. The largest absolute Gasteiger partial charge is 0.493 e. The van der Waals surface area contributed by atoms with Crippen LogP contribution in [0.1, 0.15) is 16.7 Å². The van der Waals surface area contributed by atoms with Crippen LogP contribution in [0.3, 0.4) is 0 Å². The fourth-order valence-electron chi connectivity index (χ4n) is 3.76. The van der Waals surface area contributed by atoms with Crippen molar-refractivity contribution < 1.29 is 28.8 Å². The van der Waals surface area contributed by atoms with Gasteiger partial charge in [-0.25, -0.2) is 9.69 Å². The van der Waals surface area contributed by atoms with Gasteiger partial charge in [0.1, 0.15) is 12.2 Å². The van der Waals surface area contributed by atoms with Gasteiger partial charge in [0.25, 0.3) is 17.5 Å². The fraction of sp³-hybridized carbons (Fsp3) is 0.115. The molecular weight excluding hydrogens is 582 g/mol. The Kier molecular flexibility index (Phi) is 7.79. The number of carbonyl (C=O) groups is 3. The molecule has 1 N–H and O–H groups in total. The molecule has 1 aliphatic heterocycles. The van der Waals surface area contributed by atoms with Crippen LogP contribution in [-0.4, -0.2) is 29.9 Å². The van der Waals surface area contributed by atoms with Crippen molar-refractivity contribution in [3.63, 3.8) is 0 Å². The predicted octanol–water partition coefficient (Wildman–Crippen LogP) is 5.57. The average Bonchev–Trinajstić information content (AvgIpc) is 2.88. The zero-order chi connectivity index (χ0) is 27.6. The van der Waals surface area contributed by atoms with Crippen LogP contribution >= 0.6 is 27.5 Å². The van der Waals surface area contributed by atoms with E-state index in [1.807, 2.05) is 0 Å². The molecule has 10 nitrogen and oxygen atoms in total. The zero-order valence-corrected chi connectivity index (χ0v) is 22.3. The number of anilines is 1. The number of benzene rings is 3. The van der Waals surface area contributed by atoms with Crippen molar-refractivity contribution in [2.24, 2.45) is 0 Å². The number of urea groups is 1. The van der Waals surface area contributed by atoms with E-state index < -0.39 is 22.8 Å². The first kappa shape index (κ1) is 26.8. The Balaban J connectivity index is 1.65. The number of ether oxygens (including phenoxy) is 2. The van der Waals surface area contributed by atoms with Crippen molar-refractivity contribution in [1.82, 2.24) is 5.32 Å². The number of methoxy groups -OCH3 is 1. The number of carbonyl (C=O) groups excluding carboxylic acids is 3. The Morgan fingerprint density at radius 2 is 1.87 bits per heavy atom. The van der Waals surface area contributed by atoms with Crippen molar-refractivity contribution in [2.75, 3.05) is 12.0 Å². The van der Waals surface area contributed by atoms with Gasteiger partial charge in [-0.3, -0.25) is 25.0 Å². The van der Waals surface area contributed by atoms with Gasteiger partial charge < -0.3 is 9.47 Å². The van der Waals surface area contributed by atoms with Crippen LogP contribution in [0.15, 0.2) is 64.6 Å². The monoisotopic (exact) mass is 599 g/mol. The maximum absolute atomic E-state index is 13.3. The van der Waals surface area contributed by atoms with Crippen molar-refractivity contribution in [2.45, 2.75) is 13.5 Å². The molecule has 0 atom stereocenters. The zero-order valence-electron chi connectivity index (χ0n) is 20.0. The minimum absolute atomic E-state index is 0.0219. The number of nitro benzene ring substituents is 1. The van der Waals surface area contributed by atoms with E-state index in [0.29, 0.717) is 31.9 Å². The van der Waals surface area contributed by atoms with Crippen LogP contribution in [0, 0.1) is 17.0 Å². The first-order chi connectivity index (χ1) is 18.1. The maximum Gasteiger partial charge on any atom is 0.335 e. The molecule has 1 fully saturated rings. The van der Waals surface area contributed by atoms with E-state index in [1.54, 1.807) is 49.4 Å². The average molecular weight is 601 g/mol. The number of halogens is 2. The van der Waals surface area contributed by atoms with Gasteiger partial charge >= 0.3 is 6.03 Å². The van der Waals surface area contributed by atoms with E-state index in [4.69, 9.17) is 21.1 Å². The summed E-state index contributed by atoms with van der Waals surface area (Å²) >= 11 is 9.58. The van der Waals surface area contributed by atoms with E-state index in [2.05, 4.69) is 21.2 Å². The molecule has 0 aliphatic carbocycles. The molecule has 0 aromatic heterocycles. The summed E-state index contributed by atoms with van der Waals surface area (Å²) in [5.74, 6) is -1.08.